The van der Waals surface area contributed by atoms with Crippen molar-refractivity contribution in [3.63, 3.8) is 0 Å². The van der Waals surface area contributed by atoms with Gasteiger partial charge < -0.3 is 10.3 Å². The summed E-state index contributed by atoms with van der Waals surface area (Å²) in [4.78, 5) is 26.7. The first kappa shape index (κ1) is 12.9. The van der Waals surface area contributed by atoms with Gasteiger partial charge in [0.05, 0.1) is 0 Å². The highest BCUT2D eigenvalue weighted by molar-refractivity contribution is 5.94. The van der Waals surface area contributed by atoms with Gasteiger partial charge in [-0.1, -0.05) is 19.8 Å². The third-order valence-corrected chi connectivity index (χ3v) is 3.73. The highest BCUT2D eigenvalue weighted by Crippen LogP contribution is 2.23. The van der Waals surface area contributed by atoms with Crippen LogP contribution in [0.1, 0.15) is 48.7 Å². The molecule has 4 nitrogen and oxygen atoms in total. The number of pyridine rings is 1. The van der Waals surface area contributed by atoms with Crippen LogP contribution in [-0.4, -0.2) is 16.9 Å². The predicted octanol–water partition coefficient (Wildman–Crippen LogP) is 1.99. The molecule has 0 saturated heterocycles. The molecule has 1 aromatic rings. The number of hydrogen-bond donors (Lipinski definition) is 2. The Kier molecular flexibility index (Phi) is 3.84. The SMILES string of the molecule is Cc1cc(=O)c(C(=O)NC2CCCCC2C)c[nH]1. The van der Waals surface area contributed by atoms with Crippen molar-refractivity contribution in [3.8, 4) is 0 Å². The Balaban J connectivity index is 2.09. The lowest BCUT2D eigenvalue weighted by Gasteiger charge is -2.29. The highest BCUT2D eigenvalue weighted by atomic mass is 16.2. The minimum atomic E-state index is -0.255. The van der Waals surface area contributed by atoms with Gasteiger partial charge in [0, 0.05) is 24.0 Å². The lowest BCUT2D eigenvalue weighted by Crippen LogP contribution is -2.42. The standard InChI is InChI=1S/C14H20N2O2/c1-9-5-3-4-6-12(9)16-14(18)11-8-15-10(2)7-13(11)17/h7-9,12H,3-6H2,1-2H3,(H,15,17)(H,16,18). The maximum Gasteiger partial charge on any atom is 0.256 e. The van der Waals surface area contributed by atoms with Crippen LogP contribution in [0.25, 0.3) is 0 Å². The van der Waals surface area contributed by atoms with Crippen LogP contribution in [0.4, 0.5) is 0 Å². The van der Waals surface area contributed by atoms with Crippen LogP contribution < -0.4 is 10.7 Å². The number of aromatic nitrogens is 1. The van der Waals surface area contributed by atoms with Crippen molar-refractivity contribution in [1.29, 1.82) is 0 Å². The quantitative estimate of drug-likeness (QED) is 0.840. The van der Waals surface area contributed by atoms with Crippen LogP contribution in [-0.2, 0) is 0 Å². The Labute approximate surface area is 107 Å². The number of carbonyl (C=O) groups is 1. The van der Waals surface area contributed by atoms with E-state index in [1.807, 2.05) is 0 Å². The monoisotopic (exact) mass is 248 g/mol. The van der Waals surface area contributed by atoms with E-state index in [0.29, 0.717) is 5.92 Å². The molecule has 0 spiro atoms. The number of rotatable bonds is 2. The Bertz CT molecular complexity index is 493. The van der Waals surface area contributed by atoms with Crippen molar-refractivity contribution >= 4 is 5.91 Å². The van der Waals surface area contributed by atoms with Crippen molar-refractivity contribution in [2.75, 3.05) is 0 Å². The summed E-state index contributed by atoms with van der Waals surface area (Å²) in [5, 5.41) is 2.99. The molecule has 2 N–H and O–H groups in total. The van der Waals surface area contributed by atoms with Crippen molar-refractivity contribution in [3.05, 3.63) is 33.7 Å². The molecule has 0 aromatic carbocycles. The number of H-pyrrole nitrogens is 1. The Morgan fingerprint density at radius 1 is 1.39 bits per heavy atom. The van der Waals surface area contributed by atoms with E-state index in [1.54, 1.807) is 6.92 Å². The molecule has 0 radical (unpaired) electrons. The van der Waals surface area contributed by atoms with E-state index in [0.717, 1.165) is 25.0 Å². The van der Waals surface area contributed by atoms with Crippen LogP contribution in [0.15, 0.2) is 17.1 Å². The van der Waals surface area contributed by atoms with Crippen LogP contribution in [0.3, 0.4) is 0 Å². The number of carbonyl (C=O) groups excluding carboxylic acids is 1. The Morgan fingerprint density at radius 3 is 2.78 bits per heavy atom. The zero-order valence-electron chi connectivity index (χ0n) is 11.0. The van der Waals surface area contributed by atoms with Gasteiger partial charge in [-0.3, -0.25) is 9.59 Å². The van der Waals surface area contributed by atoms with E-state index in [9.17, 15) is 9.59 Å². The van der Waals surface area contributed by atoms with E-state index in [1.165, 1.54) is 18.7 Å². The van der Waals surface area contributed by atoms with Gasteiger partial charge in [0.1, 0.15) is 5.56 Å². The topological polar surface area (TPSA) is 62.0 Å². The van der Waals surface area contributed by atoms with Gasteiger partial charge in [0.2, 0.25) is 0 Å². The van der Waals surface area contributed by atoms with Gasteiger partial charge in [-0.2, -0.15) is 0 Å². The molecule has 2 atom stereocenters. The van der Waals surface area contributed by atoms with E-state index >= 15 is 0 Å². The van der Waals surface area contributed by atoms with Crippen LogP contribution in [0.2, 0.25) is 0 Å². The molecule has 1 aliphatic rings. The second-order valence-corrected chi connectivity index (χ2v) is 5.24. The fourth-order valence-corrected chi connectivity index (χ4v) is 2.53. The van der Waals surface area contributed by atoms with Crippen molar-refractivity contribution in [2.24, 2.45) is 5.92 Å². The van der Waals surface area contributed by atoms with Crippen LogP contribution in [0.5, 0.6) is 0 Å². The van der Waals surface area contributed by atoms with E-state index in [-0.39, 0.29) is 22.9 Å². The molecular weight excluding hydrogens is 228 g/mol. The van der Waals surface area contributed by atoms with Gasteiger partial charge in [0.25, 0.3) is 5.91 Å². The summed E-state index contributed by atoms with van der Waals surface area (Å²) in [5.41, 5.74) is 0.758. The minimum Gasteiger partial charge on any atom is -0.364 e. The summed E-state index contributed by atoms with van der Waals surface area (Å²) in [6.45, 7) is 3.95. The Morgan fingerprint density at radius 2 is 2.11 bits per heavy atom. The summed E-state index contributed by atoms with van der Waals surface area (Å²) in [6.07, 6.45) is 6.05. The third kappa shape index (κ3) is 2.81. The van der Waals surface area contributed by atoms with Gasteiger partial charge in [-0.05, 0) is 25.7 Å². The molecule has 1 saturated carbocycles. The number of aryl methyl sites for hydroxylation is 1. The number of amides is 1. The molecule has 2 rings (SSSR count). The second kappa shape index (κ2) is 5.38. The van der Waals surface area contributed by atoms with Crippen molar-refractivity contribution in [1.82, 2.24) is 10.3 Å². The first-order valence-corrected chi connectivity index (χ1v) is 6.58. The maximum absolute atomic E-state index is 12.1. The third-order valence-electron chi connectivity index (χ3n) is 3.73. The number of hydrogen-bond acceptors (Lipinski definition) is 2. The number of nitrogens with one attached hydrogen (secondary N) is 2. The predicted molar refractivity (Wildman–Crippen MR) is 70.7 cm³/mol. The molecule has 1 heterocycles. The summed E-state index contributed by atoms with van der Waals surface area (Å²) in [5.74, 6) is 0.238. The summed E-state index contributed by atoms with van der Waals surface area (Å²) in [7, 11) is 0. The zero-order chi connectivity index (χ0) is 13.1. The van der Waals surface area contributed by atoms with Gasteiger partial charge in [-0.15, -0.1) is 0 Å². The van der Waals surface area contributed by atoms with E-state index < -0.39 is 0 Å². The van der Waals surface area contributed by atoms with Gasteiger partial charge >= 0.3 is 0 Å². The molecule has 1 aliphatic carbocycles. The lowest BCUT2D eigenvalue weighted by molar-refractivity contribution is 0.0909. The fourth-order valence-electron chi connectivity index (χ4n) is 2.53. The minimum absolute atomic E-state index is 0.201. The first-order chi connectivity index (χ1) is 8.58. The van der Waals surface area contributed by atoms with Gasteiger partial charge in [0.15, 0.2) is 5.43 Å². The van der Waals surface area contributed by atoms with E-state index in [2.05, 4.69) is 17.2 Å². The van der Waals surface area contributed by atoms with Crippen molar-refractivity contribution < 1.29 is 4.79 Å². The number of aromatic amines is 1. The Hall–Kier alpha value is -1.58. The lowest BCUT2D eigenvalue weighted by atomic mass is 9.86. The maximum atomic E-state index is 12.1. The van der Waals surface area contributed by atoms with E-state index in [4.69, 9.17) is 0 Å². The fraction of sp³-hybridized carbons (Fsp3) is 0.571. The largest absolute Gasteiger partial charge is 0.364 e. The van der Waals surface area contributed by atoms with Crippen LogP contribution >= 0.6 is 0 Å². The summed E-state index contributed by atoms with van der Waals surface area (Å²) in [6, 6.07) is 1.66. The molecule has 98 valence electrons. The van der Waals surface area contributed by atoms with Crippen molar-refractivity contribution in [2.45, 2.75) is 45.6 Å². The molecule has 0 bridgehead atoms. The molecule has 1 aromatic heterocycles. The normalized spacial score (nSPS) is 23.7. The van der Waals surface area contributed by atoms with Gasteiger partial charge in [-0.25, -0.2) is 0 Å². The highest BCUT2D eigenvalue weighted by Gasteiger charge is 2.23. The summed E-state index contributed by atoms with van der Waals surface area (Å²) >= 11 is 0. The molecule has 4 heteroatoms. The average Bonchev–Trinajstić information content (AvgIpc) is 2.32. The van der Waals surface area contributed by atoms with Crippen LogP contribution in [0, 0.1) is 12.8 Å². The molecule has 1 amide bonds. The smallest absolute Gasteiger partial charge is 0.256 e. The zero-order valence-corrected chi connectivity index (χ0v) is 11.0. The molecule has 1 fully saturated rings. The first-order valence-electron chi connectivity index (χ1n) is 6.58. The molecule has 0 aliphatic heterocycles. The molecular formula is C14H20N2O2. The average molecular weight is 248 g/mol. The molecule has 2 unspecified atom stereocenters. The molecule has 18 heavy (non-hydrogen) atoms. The summed E-state index contributed by atoms with van der Waals surface area (Å²) < 4.78 is 0. The second-order valence-electron chi connectivity index (χ2n) is 5.24.